The lowest BCUT2D eigenvalue weighted by atomic mass is 10.2. The van der Waals surface area contributed by atoms with Crippen molar-refractivity contribution in [3.63, 3.8) is 0 Å². The molecule has 0 bridgehead atoms. The molecule has 2 amide bonds. The number of aromatic nitrogens is 2. The maximum atomic E-state index is 12.1. The summed E-state index contributed by atoms with van der Waals surface area (Å²) in [6.45, 7) is 1.13. The quantitative estimate of drug-likeness (QED) is 0.681. The molecule has 8 heteroatoms. The van der Waals surface area contributed by atoms with Crippen LogP contribution in [0.4, 0.5) is 10.5 Å². The Morgan fingerprint density at radius 3 is 2.86 bits per heavy atom. The molecular weight excluding hydrogens is 360 g/mol. The van der Waals surface area contributed by atoms with E-state index in [1.165, 1.54) is 0 Å². The normalized spacial score (nSPS) is 13.0. The van der Waals surface area contributed by atoms with Gasteiger partial charge in [-0.05, 0) is 36.4 Å². The fraction of sp³-hybridized carbons (Fsp3) is 0.150. The summed E-state index contributed by atoms with van der Waals surface area (Å²) in [5.74, 6) is 6.14. The number of nitrogens with zero attached hydrogens (tertiary/aromatic N) is 2. The van der Waals surface area contributed by atoms with Gasteiger partial charge < -0.3 is 14.5 Å². The Morgan fingerprint density at radius 2 is 2.14 bits per heavy atom. The van der Waals surface area contributed by atoms with Gasteiger partial charge in [-0.15, -0.1) is 0 Å². The van der Waals surface area contributed by atoms with E-state index < -0.39 is 0 Å². The van der Waals surface area contributed by atoms with Crippen LogP contribution in [0.1, 0.15) is 16.1 Å². The number of hydrogen-bond donors (Lipinski definition) is 2. The second kappa shape index (κ2) is 7.72. The third-order valence-corrected chi connectivity index (χ3v) is 4.11. The molecule has 0 aliphatic carbocycles. The van der Waals surface area contributed by atoms with Crippen LogP contribution in [0.3, 0.4) is 0 Å². The highest BCUT2D eigenvalue weighted by atomic mass is 16.6. The number of H-pyrrole nitrogens is 1. The van der Waals surface area contributed by atoms with Gasteiger partial charge in [0.25, 0.3) is 5.91 Å². The minimum absolute atomic E-state index is 0.183. The van der Waals surface area contributed by atoms with Gasteiger partial charge in [0.2, 0.25) is 0 Å². The zero-order chi connectivity index (χ0) is 19.3. The van der Waals surface area contributed by atoms with Crippen molar-refractivity contribution in [3.8, 4) is 23.3 Å². The molecule has 2 aromatic heterocycles. The predicted octanol–water partition coefficient (Wildman–Crippen LogP) is 2.41. The molecular formula is C20H16N4O4. The topological polar surface area (TPSA) is 100 Å². The molecule has 28 heavy (non-hydrogen) atoms. The first-order valence-corrected chi connectivity index (χ1v) is 8.61. The molecule has 2 N–H and O–H groups in total. The number of rotatable bonds is 4. The number of ether oxygens (including phenoxy) is 1. The van der Waals surface area contributed by atoms with E-state index in [1.807, 2.05) is 24.3 Å². The molecule has 3 heterocycles. The first-order valence-electron chi connectivity index (χ1n) is 8.61. The van der Waals surface area contributed by atoms with E-state index in [0.29, 0.717) is 24.6 Å². The molecule has 0 radical (unpaired) electrons. The second-order valence-electron chi connectivity index (χ2n) is 5.94. The zero-order valence-corrected chi connectivity index (χ0v) is 14.8. The lowest BCUT2D eigenvalue weighted by Crippen LogP contribution is -2.23. The molecule has 0 unspecified atom stereocenters. The van der Waals surface area contributed by atoms with Crippen molar-refractivity contribution in [2.24, 2.45) is 0 Å². The molecule has 8 nitrogen and oxygen atoms in total. The summed E-state index contributed by atoms with van der Waals surface area (Å²) in [6, 6.07) is 12.4. The average molecular weight is 376 g/mol. The Bertz CT molecular complexity index is 1040. The van der Waals surface area contributed by atoms with Gasteiger partial charge in [-0.2, -0.15) is 5.10 Å². The molecule has 4 rings (SSSR count). The number of hydrogen-bond acceptors (Lipinski definition) is 5. The third-order valence-electron chi connectivity index (χ3n) is 4.11. The molecule has 1 aliphatic heterocycles. The summed E-state index contributed by atoms with van der Waals surface area (Å²) in [6.07, 6.45) is 1.21. The van der Waals surface area contributed by atoms with Crippen LogP contribution in [0.25, 0.3) is 11.5 Å². The molecule has 3 aromatic rings. The Hall–Kier alpha value is -3.99. The number of carbonyl (C=O) groups excluding carboxylic acids is 2. The fourth-order valence-corrected chi connectivity index (χ4v) is 2.71. The SMILES string of the molecule is O=C(NCC#Cc1ccc(N2CCOC2=O)cc1)c1cc(-c2ccco2)[nH]n1. The second-order valence-corrected chi connectivity index (χ2v) is 5.94. The number of carbonyl (C=O) groups is 2. The van der Waals surface area contributed by atoms with Crippen molar-refractivity contribution in [2.45, 2.75) is 0 Å². The molecule has 1 saturated heterocycles. The zero-order valence-electron chi connectivity index (χ0n) is 14.8. The Morgan fingerprint density at radius 1 is 1.29 bits per heavy atom. The predicted molar refractivity (Wildman–Crippen MR) is 101 cm³/mol. The largest absolute Gasteiger partial charge is 0.463 e. The van der Waals surface area contributed by atoms with E-state index in [9.17, 15) is 9.59 Å². The molecule has 0 atom stereocenters. The summed E-state index contributed by atoms with van der Waals surface area (Å²) >= 11 is 0. The van der Waals surface area contributed by atoms with Crippen molar-refractivity contribution in [3.05, 3.63) is 60.0 Å². The molecule has 0 saturated carbocycles. The van der Waals surface area contributed by atoms with E-state index >= 15 is 0 Å². The number of amides is 2. The molecule has 1 aliphatic rings. The van der Waals surface area contributed by atoms with Crippen LogP contribution in [-0.2, 0) is 4.74 Å². The number of cyclic esters (lactones) is 1. The smallest absolute Gasteiger partial charge is 0.414 e. The van der Waals surface area contributed by atoms with Crippen LogP contribution >= 0.6 is 0 Å². The van der Waals surface area contributed by atoms with Crippen LogP contribution in [-0.4, -0.2) is 41.9 Å². The maximum absolute atomic E-state index is 12.1. The van der Waals surface area contributed by atoms with E-state index in [1.54, 1.807) is 29.4 Å². The molecule has 1 aromatic carbocycles. The number of nitrogens with one attached hydrogen (secondary N) is 2. The first kappa shape index (κ1) is 17.4. The average Bonchev–Trinajstić information content (AvgIpc) is 3.46. The highest BCUT2D eigenvalue weighted by Gasteiger charge is 2.23. The number of anilines is 1. The Kier molecular flexibility index (Phi) is 4.80. The van der Waals surface area contributed by atoms with Crippen molar-refractivity contribution in [1.29, 1.82) is 0 Å². The summed E-state index contributed by atoms with van der Waals surface area (Å²) in [5.41, 5.74) is 2.44. The fourth-order valence-electron chi connectivity index (χ4n) is 2.71. The van der Waals surface area contributed by atoms with Crippen molar-refractivity contribution in [2.75, 3.05) is 24.6 Å². The van der Waals surface area contributed by atoms with Gasteiger partial charge in [0.05, 0.1) is 19.4 Å². The van der Waals surface area contributed by atoms with Crippen LogP contribution in [0.2, 0.25) is 0 Å². The lowest BCUT2D eigenvalue weighted by Gasteiger charge is -2.11. The van der Waals surface area contributed by atoms with Crippen molar-refractivity contribution in [1.82, 2.24) is 15.5 Å². The Labute approximate surface area is 160 Å². The first-order chi connectivity index (χ1) is 13.7. The van der Waals surface area contributed by atoms with Gasteiger partial charge in [0.1, 0.15) is 12.3 Å². The van der Waals surface area contributed by atoms with E-state index in [2.05, 4.69) is 27.4 Å². The van der Waals surface area contributed by atoms with Gasteiger partial charge >= 0.3 is 6.09 Å². The number of aromatic amines is 1. The monoisotopic (exact) mass is 376 g/mol. The van der Waals surface area contributed by atoms with Gasteiger partial charge in [-0.25, -0.2) is 4.79 Å². The maximum Gasteiger partial charge on any atom is 0.414 e. The molecule has 140 valence electrons. The molecule has 1 fully saturated rings. The minimum Gasteiger partial charge on any atom is -0.463 e. The summed E-state index contributed by atoms with van der Waals surface area (Å²) in [7, 11) is 0. The summed E-state index contributed by atoms with van der Waals surface area (Å²) in [5, 5.41) is 9.43. The standard InChI is InChI=1S/C20H16N4O4/c25-19(17-13-16(22-23-17)18-4-2-11-27-18)21-9-1-3-14-5-7-15(8-6-14)24-10-12-28-20(24)26/h2,4-8,11,13H,9-10,12H2,(H,21,25)(H,22,23). The van der Waals surface area contributed by atoms with E-state index in [4.69, 9.17) is 9.15 Å². The lowest BCUT2D eigenvalue weighted by molar-refractivity contribution is 0.0953. The van der Waals surface area contributed by atoms with Gasteiger partial charge in [-0.1, -0.05) is 11.8 Å². The van der Waals surface area contributed by atoms with Crippen molar-refractivity contribution >= 4 is 17.7 Å². The minimum atomic E-state index is -0.338. The highest BCUT2D eigenvalue weighted by Crippen LogP contribution is 2.19. The summed E-state index contributed by atoms with van der Waals surface area (Å²) < 4.78 is 10.2. The molecule has 0 spiro atoms. The highest BCUT2D eigenvalue weighted by molar-refractivity contribution is 5.93. The van der Waals surface area contributed by atoms with Gasteiger partial charge in [0, 0.05) is 17.3 Å². The van der Waals surface area contributed by atoms with Crippen molar-refractivity contribution < 1.29 is 18.7 Å². The van der Waals surface area contributed by atoms with Crippen LogP contribution in [0.5, 0.6) is 0 Å². The van der Waals surface area contributed by atoms with Gasteiger partial charge in [-0.3, -0.25) is 14.8 Å². The third kappa shape index (κ3) is 3.73. The van der Waals surface area contributed by atoms with Crippen LogP contribution in [0, 0.1) is 11.8 Å². The number of benzene rings is 1. The summed E-state index contributed by atoms with van der Waals surface area (Å²) in [4.78, 5) is 25.2. The Balaban J connectivity index is 1.31. The van der Waals surface area contributed by atoms with E-state index in [-0.39, 0.29) is 24.2 Å². The van der Waals surface area contributed by atoms with E-state index in [0.717, 1.165) is 11.3 Å². The van der Waals surface area contributed by atoms with Gasteiger partial charge in [0.15, 0.2) is 11.5 Å². The van der Waals surface area contributed by atoms with Crippen LogP contribution < -0.4 is 10.2 Å². The van der Waals surface area contributed by atoms with Crippen LogP contribution in [0.15, 0.2) is 53.1 Å². The number of furan rings is 1.